The fraction of sp³-hybridized carbons (Fsp3) is 0.588. The van der Waals surface area contributed by atoms with E-state index in [9.17, 15) is 9.90 Å². The van der Waals surface area contributed by atoms with E-state index >= 15 is 0 Å². The molecule has 0 spiro atoms. The molecule has 2 atom stereocenters. The highest BCUT2D eigenvalue weighted by molar-refractivity contribution is 5.74. The fourth-order valence-electron chi connectivity index (χ4n) is 2.62. The first-order valence-corrected chi connectivity index (χ1v) is 7.74. The predicted molar refractivity (Wildman–Crippen MR) is 86.1 cm³/mol. The van der Waals surface area contributed by atoms with Gasteiger partial charge in [0.1, 0.15) is 0 Å². The minimum atomic E-state index is -0.524. The maximum Gasteiger partial charge on any atom is 0.317 e. The van der Waals surface area contributed by atoms with Crippen molar-refractivity contribution >= 4 is 6.03 Å². The van der Waals surface area contributed by atoms with E-state index in [4.69, 9.17) is 0 Å². The summed E-state index contributed by atoms with van der Waals surface area (Å²) in [6.45, 7) is 6.31. The van der Waals surface area contributed by atoms with E-state index in [2.05, 4.69) is 31.3 Å². The van der Waals surface area contributed by atoms with Gasteiger partial charge in [0.15, 0.2) is 0 Å². The van der Waals surface area contributed by atoms with E-state index < -0.39 is 6.10 Å². The van der Waals surface area contributed by atoms with Crippen molar-refractivity contribution in [3.8, 4) is 0 Å². The molecular formula is C17H28N2O2. The Labute approximate surface area is 128 Å². The van der Waals surface area contributed by atoms with Crippen LogP contribution in [-0.2, 0) is 0 Å². The molecule has 0 aliphatic rings. The van der Waals surface area contributed by atoms with Crippen molar-refractivity contribution < 1.29 is 9.90 Å². The van der Waals surface area contributed by atoms with Crippen LogP contribution in [0.25, 0.3) is 0 Å². The van der Waals surface area contributed by atoms with Crippen molar-refractivity contribution in [3.63, 3.8) is 0 Å². The molecule has 0 heterocycles. The van der Waals surface area contributed by atoms with Crippen LogP contribution in [0.3, 0.4) is 0 Å². The molecule has 2 amide bonds. The van der Waals surface area contributed by atoms with Gasteiger partial charge >= 0.3 is 6.03 Å². The number of nitrogens with zero attached hydrogens (tertiary/aromatic N) is 1. The lowest BCUT2D eigenvalue weighted by Crippen LogP contribution is -2.43. The lowest BCUT2D eigenvalue weighted by atomic mass is 9.89. The number of aliphatic hydroxyl groups is 1. The minimum absolute atomic E-state index is 0.00477. The number of hydrogen-bond donors (Lipinski definition) is 2. The second-order valence-electron chi connectivity index (χ2n) is 5.64. The summed E-state index contributed by atoms with van der Waals surface area (Å²) in [5.74, 6) is 0.399. The van der Waals surface area contributed by atoms with Crippen molar-refractivity contribution in [1.82, 2.24) is 10.2 Å². The molecule has 0 aliphatic heterocycles. The number of aliphatic hydroxyl groups excluding tert-OH is 1. The molecule has 2 unspecified atom stereocenters. The highest BCUT2D eigenvalue weighted by atomic mass is 16.3. The first kappa shape index (κ1) is 17.5. The zero-order valence-corrected chi connectivity index (χ0v) is 13.5. The number of likely N-dealkylation sites (N-methyl/N-ethyl adjacent to an activating group) is 1. The molecule has 0 saturated heterocycles. The molecule has 0 aromatic heterocycles. The fourth-order valence-corrected chi connectivity index (χ4v) is 2.62. The largest absolute Gasteiger partial charge is 0.392 e. The van der Waals surface area contributed by atoms with Crippen LogP contribution >= 0.6 is 0 Å². The SMILES string of the molecule is CCC(CC)C(NC(=O)N(C)CC(C)O)c1ccccc1. The third-order valence-corrected chi connectivity index (χ3v) is 3.84. The topological polar surface area (TPSA) is 52.6 Å². The average Bonchev–Trinajstić information content (AvgIpc) is 2.47. The van der Waals surface area contributed by atoms with E-state index in [1.54, 1.807) is 14.0 Å². The first-order chi connectivity index (χ1) is 9.99. The lowest BCUT2D eigenvalue weighted by Gasteiger charge is -2.29. The van der Waals surface area contributed by atoms with Gasteiger partial charge in [0, 0.05) is 13.6 Å². The van der Waals surface area contributed by atoms with E-state index in [0.717, 1.165) is 18.4 Å². The van der Waals surface area contributed by atoms with E-state index in [1.807, 2.05) is 18.2 Å². The zero-order valence-electron chi connectivity index (χ0n) is 13.5. The molecule has 118 valence electrons. The second-order valence-corrected chi connectivity index (χ2v) is 5.64. The lowest BCUT2D eigenvalue weighted by molar-refractivity contribution is 0.140. The third-order valence-electron chi connectivity index (χ3n) is 3.84. The van der Waals surface area contributed by atoms with Crippen LogP contribution < -0.4 is 5.32 Å². The molecule has 0 bridgehead atoms. The number of rotatable bonds is 7. The Hall–Kier alpha value is -1.55. The molecule has 0 aliphatic carbocycles. The van der Waals surface area contributed by atoms with Gasteiger partial charge in [-0.25, -0.2) is 4.79 Å². The number of urea groups is 1. The van der Waals surface area contributed by atoms with Crippen molar-refractivity contribution in [1.29, 1.82) is 0 Å². The third kappa shape index (κ3) is 5.38. The van der Waals surface area contributed by atoms with Crippen LogP contribution in [0.2, 0.25) is 0 Å². The van der Waals surface area contributed by atoms with Gasteiger partial charge in [-0.05, 0) is 18.4 Å². The number of hydrogen-bond acceptors (Lipinski definition) is 2. The first-order valence-electron chi connectivity index (χ1n) is 7.74. The van der Waals surface area contributed by atoms with Gasteiger partial charge in [0.25, 0.3) is 0 Å². The monoisotopic (exact) mass is 292 g/mol. The molecule has 4 heteroatoms. The van der Waals surface area contributed by atoms with Crippen LogP contribution in [0.5, 0.6) is 0 Å². The van der Waals surface area contributed by atoms with Crippen LogP contribution in [0, 0.1) is 5.92 Å². The Kier molecular flexibility index (Phi) is 7.23. The average molecular weight is 292 g/mol. The molecule has 2 N–H and O–H groups in total. The summed E-state index contributed by atoms with van der Waals surface area (Å²) in [5, 5.41) is 12.5. The Balaban J connectivity index is 2.85. The summed E-state index contributed by atoms with van der Waals surface area (Å²) in [4.78, 5) is 13.8. The van der Waals surface area contributed by atoms with E-state index in [1.165, 1.54) is 4.90 Å². The molecule has 0 fully saturated rings. The molecule has 0 radical (unpaired) electrons. The number of carbonyl (C=O) groups excluding carboxylic acids is 1. The molecule has 1 rings (SSSR count). The Bertz CT molecular complexity index is 416. The Morgan fingerprint density at radius 1 is 1.24 bits per heavy atom. The van der Waals surface area contributed by atoms with Crippen LogP contribution in [0.15, 0.2) is 30.3 Å². The van der Waals surface area contributed by atoms with Gasteiger partial charge in [-0.15, -0.1) is 0 Å². The van der Waals surface area contributed by atoms with Crippen molar-refractivity contribution in [2.75, 3.05) is 13.6 Å². The number of nitrogens with one attached hydrogen (secondary N) is 1. The van der Waals surface area contributed by atoms with Gasteiger partial charge in [0.05, 0.1) is 12.1 Å². The maximum atomic E-state index is 12.3. The maximum absolute atomic E-state index is 12.3. The predicted octanol–water partition coefficient (Wildman–Crippen LogP) is 3.19. The van der Waals surface area contributed by atoms with Crippen molar-refractivity contribution in [2.24, 2.45) is 5.92 Å². The Morgan fingerprint density at radius 2 is 1.81 bits per heavy atom. The molecule has 21 heavy (non-hydrogen) atoms. The highest BCUT2D eigenvalue weighted by Gasteiger charge is 2.23. The quantitative estimate of drug-likeness (QED) is 0.811. The normalized spacial score (nSPS) is 13.8. The summed E-state index contributed by atoms with van der Waals surface area (Å²) < 4.78 is 0. The number of amides is 2. The van der Waals surface area contributed by atoms with Crippen molar-refractivity contribution in [3.05, 3.63) is 35.9 Å². The van der Waals surface area contributed by atoms with E-state index in [-0.39, 0.29) is 12.1 Å². The summed E-state index contributed by atoms with van der Waals surface area (Å²) in [6.07, 6.45) is 1.50. The van der Waals surface area contributed by atoms with Gasteiger partial charge in [-0.1, -0.05) is 57.0 Å². The summed E-state index contributed by atoms with van der Waals surface area (Å²) in [5.41, 5.74) is 1.13. The zero-order chi connectivity index (χ0) is 15.8. The molecule has 4 nitrogen and oxygen atoms in total. The molecule has 0 saturated carbocycles. The van der Waals surface area contributed by atoms with Gasteiger partial charge in [-0.2, -0.15) is 0 Å². The summed E-state index contributed by atoms with van der Waals surface area (Å²) in [6, 6.07) is 9.94. The van der Waals surface area contributed by atoms with Gasteiger partial charge in [-0.3, -0.25) is 0 Å². The summed E-state index contributed by atoms with van der Waals surface area (Å²) in [7, 11) is 1.71. The van der Waals surface area contributed by atoms with Crippen LogP contribution in [0.4, 0.5) is 4.79 Å². The molecular weight excluding hydrogens is 264 g/mol. The summed E-state index contributed by atoms with van der Waals surface area (Å²) >= 11 is 0. The smallest absolute Gasteiger partial charge is 0.317 e. The highest BCUT2D eigenvalue weighted by Crippen LogP contribution is 2.27. The minimum Gasteiger partial charge on any atom is -0.392 e. The molecule has 1 aromatic carbocycles. The van der Waals surface area contributed by atoms with Gasteiger partial charge < -0.3 is 15.3 Å². The Morgan fingerprint density at radius 3 is 2.29 bits per heavy atom. The molecule has 1 aromatic rings. The van der Waals surface area contributed by atoms with E-state index in [0.29, 0.717) is 12.5 Å². The van der Waals surface area contributed by atoms with Gasteiger partial charge in [0.2, 0.25) is 0 Å². The number of carbonyl (C=O) groups is 1. The second kappa shape index (κ2) is 8.67. The number of benzene rings is 1. The van der Waals surface area contributed by atoms with Crippen LogP contribution in [-0.4, -0.2) is 35.7 Å². The standard InChI is InChI=1S/C17H28N2O2/c1-5-14(6-2)16(15-10-8-7-9-11-15)18-17(21)19(4)12-13(3)20/h7-11,13-14,16,20H,5-6,12H2,1-4H3,(H,18,21). The van der Waals surface area contributed by atoms with Crippen molar-refractivity contribution in [2.45, 2.75) is 45.8 Å². The van der Waals surface area contributed by atoms with Crippen LogP contribution in [0.1, 0.15) is 45.2 Å².